The molecule has 0 bridgehead atoms. The van der Waals surface area contributed by atoms with Crippen LogP contribution in [0.2, 0.25) is 0 Å². The number of piperazine rings is 1. The standard InChI is InChI=1S/C45H52F3N11O7/c1-54-34-24-49-44(53-38(34)58(27-6-3-4-7-27)25-45(47,48)43(54)65)51-31-23-30(46)29(22-35(31)66-2)39(61)50-26-12-14-55(15-13-26)16-17-56-18-20-57(21-19-56)32-9-5-8-28-37(32)42(64)59(41(28)63)33-10-11-36(60)52-40(33)62/h5,8-9,22-24,26-27,33H,3-4,6-7,10-21,25H2,1-2H3,(H,50,61)(H,49,51,53)(H,52,60,62). The van der Waals surface area contributed by atoms with Gasteiger partial charge in [-0.15, -0.1) is 0 Å². The third-order valence-corrected chi connectivity index (χ3v) is 13.7. The number of nitrogens with zero attached hydrogens (tertiary/aromatic N) is 8. The van der Waals surface area contributed by atoms with Crippen molar-refractivity contribution >= 4 is 64.3 Å². The number of ether oxygens (including phenoxy) is 1. The van der Waals surface area contributed by atoms with E-state index in [-0.39, 0.29) is 64.9 Å². The normalized spacial score (nSPS) is 22.1. The van der Waals surface area contributed by atoms with E-state index in [1.54, 1.807) is 12.1 Å². The van der Waals surface area contributed by atoms with Crippen molar-refractivity contribution in [2.75, 3.05) is 93.1 Å². The maximum absolute atomic E-state index is 15.7. The molecule has 0 spiro atoms. The van der Waals surface area contributed by atoms with Crippen LogP contribution in [0.3, 0.4) is 0 Å². The van der Waals surface area contributed by atoms with Gasteiger partial charge in [-0.25, -0.2) is 9.37 Å². The highest BCUT2D eigenvalue weighted by molar-refractivity contribution is 6.25. The summed E-state index contributed by atoms with van der Waals surface area (Å²) in [7, 11) is 2.64. The molecule has 6 heterocycles. The Bertz CT molecular complexity index is 2450. The zero-order valence-corrected chi connectivity index (χ0v) is 36.8. The highest BCUT2D eigenvalue weighted by Crippen LogP contribution is 2.41. The highest BCUT2D eigenvalue weighted by atomic mass is 19.3. The average Bonchev–Trinajstić information content (AvgIpc) is 3.92. The SMILES string of the molecule is COc1cc(C(=O)NC2CCN(CCN3CCN(c4cccc5c4C(=O)N(C4CCC(=O)NC4=O)C5=O)CC3)CC2)c(F)cc1Nc1ncc2c(n1)N(C1CCCC1)CC(F)(F)C(=O)N2C. The van der Waals surface area contributed by atoms with Gasteiger partial charge in [0.2, 0.25) is 17.8 Å². The molecule has 1 aliphatic carbocycles. The van der Waals surface area contributed by atoms with Gasteiger partial charge in [0.05, 0.1) is 47.9 Å². The number of amides is 6. The minimum absolute atomic E-state index is 0.0279. The van der Waals surface area contributed by atoms with Crippen LogP contribution in [0.1, 0.15) is 82.4 Å². The van der Waals surface area contributed by atoms with Gasteiger partial charge in [-0.3, -0.25) is 43.9 Å². The first-order valence-corrected chi connectivity index (χ1v) is 22.5. The van der Waals surface area contributed by atoms with Crippen LogP contribution in [0.25, 0.3) is 0 Å². The van der Waals surface area contributed by atoms with Crippen LogP contribution in [0.15, 0.2) is 36.5 Å². The third kappa shape index (κ3) is 8.60. The van der Waals surface area contributed by atoms with E-state index < -0.39 is 59.8 Å². The van der Waals surface area contributed by atoms with Gasteiger partial charge in [0, 0.05) is 84.0 Å². The summed E-state index contributed by atoms with van der Waals surface area (Å²) in [5.74, 6) is -8.23. The topological polar surface area (TPSA) is 193 Å². The van der Waals surface area contributed by atoms with Crippen molar-refractivity contribution < 1.29 is 46.7 Å². The average molecular weight is 916 g/mol. The van der Waals surface area contributed by atoms with Crippen LogP contribution in [-0.2, 0) is 14.4 Å². The van der Waals surface area contributed by atoms with Crippen molar-refractivity contribution in [2.45, 2.75) is 75.4 Å². The Morgan fingerprint density at radius 2 is 1.62 bits per heavy atom. The maximum atomic E-state index is 15.7. The Balaban J connectivity index is 0.763. The molecule has 1 atom stereocenters. The summed E-state index contributed by atoms with van der Waals surface area (Å²) in [6.07, 6.45) is 5.86. The summed E-state index contributed by atoms with van der Waals surface area (Å²) in [6.45, 7) is 5.00. The molecule has 4 fully saturated rings. The molecular formula is C45H52F3N11O7. The van der Waals surface area contributed by atoms with Crippen molar-refractivity contribution in [3.63, 3.8) is 0 Å². The van der Waals surface area contributed by atoms with E-state index in [2.05, 4.69) is 40.6 Å². The molecule has 3 N–H and O–H groups in total. The van der Waals surface area contributed by atoms with Crippen LogP contribution >= 0.6 is 0 Å². The molecule has 3 saturated heterocycles. The van der Waals surface area contributed by atoms with Crippen molar-refractivity contribution in [3.05, 3.63) is 59.0 Å². The van der Waals surface area contributed by atoms with Gasteiger partial charge in [-0.05, 0) is 50.3 Å². The van der Waals surface area contributed by atoms with E-state index in [9.17, 15) is 28.8 Å². The second-order valence-corrected chi connectivity index (χ2v) is 17.8. The Hall–Kier alpha value is -6.35. The van der Waals surface area contributed by atoms with Gasteiger partial charge >= 0.3 is 5.92 Å². The maximum Gasteiger partial charge on any atom is 0.342 e. The molecule has 18 nitrogen and oxygen atoms in total. The van der Waals surface area contributed by atoms with Crippen molar-refractivity contribution in [3.8, 4) is 5.75 Å². The molecule has 9 rings (SSSR count). The Labute approximate surface area is 378 Å². The van der Waals surface area contributed by atoms with E-state index in [1.165, 1.54) is 31.3 Å². The first kappa shape index (κ1) is 44.8. The predicted octanol–water partition coefficient (Wildman–Crippen LogP) is 3.15. The number of benzene rings is 2. The van der Waals surface area contributed by atoms with Crippen LogP contribution in [0.4, 0.5) is 42.0 Å². The lowest BCUT2D eigenvalue weighted by molar-refractivity contribution is -0.140. The Kier molecular flexibility index (Phi) is 12.3. The highest BCUT2D eigenvalue weighted by Gasteiger charge is 2.49. The fraction of sp³-hybridized carbons (Fsp3) is 0.511. The largest absolute Gasteiger partial charge is 0.495 e. The number of piperidine rings is 2. The Morgan fingerprint density at radius 1 is 0.909 bits per heavy atom. The summed E-state index contributed by atoms with van der Waals surface area (Å²) in [4.78, 5) is 96.3. The number of alkyl halides is 2. The number of hydrogen-bond acceptors (Lipinski definition) is 14. The fourth-order valence-corrected chi connectivity index (χ4v) is 10.0. The van der Waals surface area contributed by atoms with Crippen molar-refractivity contribution in [1.82, 2.24) is 35.3 Å². The van der Waals surface area contributed by atoms with Crippen LogP contribution in [0.5, 0.6) is 5.75 Å². The van der Waals surface area contributed by atoms with Crippen LogP contribution in [-0.4, -0.2) is 157 Å². The number of aromatic nitrogens is 2. The van der Waals surface area contributed by atoms with Gasteiger partial charge in [-0.1, -0.05) is 18.9 Å². The molecule has 1 aromatic heterocycles. The van der Waals surface area contributed by atoms with Gasteiger partial charge in [0.15, 0.2) is 5.82 Å². The van der Waals surface area contributed by atoms with Gasteiger partial charge < -0.3 is 35.0 Å². The zero-order chi connectivity index (χ0) is 46.4. The molecular weight excluding hydrogens is 864 g/mol. The molecule has 1 unspecified atom stereocenters. The van der Waals surface area contributed by atoms with Gasteiger partial charge in [0.25, 0.3) is 23.6 Å². The monoisotopic (exact) mass is 915 g/mol. The molecule has 21 heteroatoms. The number of likely N-dealkylation sites (tertiary alicyclic amines) is 1. The zero-order valence-electron chi connectivity index (χ0n) is 36.8. The molecule has 6 aliphatic rings. The van der Waals surface area contributed by atoms with Crippen molar-refractivity contribution in [2.24, 2.45) is 0 Å². The van der Waals surface area contributed by atoms with E-state index in [0.717, 1.165) is 68.0 Å². The number of methoxy groups -OCH3 is 1. The van der Waals surface area contributed by atoms with Crippen LogP contribution < -0.4 is 35.4 Å². The second kappa shape index (κ2) is 18.1. The minimum atomic E-state index is -3.64. The number of fused-ring (bicyclic) bond motifs is 2. The molecule has 3 aromatic rings. The van der Waals surface area contributed by atoms with Gasteiger partial charge in [-0.2, -0.15) is 13.8 Å². The lowest BCUT2D eigenvalue weighted by atomic mass is 10.0. The number of imide groups is 2. The molecule has 0 radical (unpaired) electrons. The summed E-state index contributed by atoms with van der Waals surface area (Å²) in [5, 5.41) is 8.13. The lowest BCUT2D eigenvalue weighted by Gasteiger charge is -2.38. The summed E-state index contributed by atoms with van der Waals surface area (Å²) < 4.78 is 51.4. The molecule has 6 amide bonds. The van der Waals surface area contributed by atoms with E-state index in [4.69, 9.17) is 4.74 Å². The van der Waals surface area contributed by atoms with Gasteiger partial charge in [0.1, 0.15) is 23.3 Å². The van der Waals surface area contributed by atoms with Crippen molar-refractivity contribution in [1.29, 1.82) is 0 Å². The number of nitrogens with one attached hydrogen (secondary N) is 3. The molecule has 1 saturated carbocycles. The molecule has 5 aliphatic heterocycles. The number of anilines is 5. The summed E-state index contributed by atoms with van der Waals surface area (Å²) in [6, 6.07) is 6.13. The molecule has 2 aromatic carbocycles. The molecule has 350 valence electrons. The number of halogens is 3. The number of hydrogen-bond donors (Lipinski definition) is 3. The minimum Gasteiger partial charge on any atom is -0.495 e. The lowest BCUT2D eigenvalue weighted by Crippen LogP contribution is -2.54. The quantitative estimate of drug-likeness (QED) is 0.238. The first-order chi connectivity index (χ1) is 31.7. The van der Waals surface area contributed by atoms with E-state index >= 15 is 13.2 Å². The predicted molar refractivity (Wildman–Crippen MR) is 235 cm³/mol. The fourth-order valence-electron chi connectivity index (χ4n) is 10.0. The van der Waals surface area contributed by atoms with E-state index in [1.807, 2.05) is 6.07 Å². The number of carbonyl (C=O) groups is 6. The Morgan fingerprint density at radius 3 is 2.32 bits per heavy atom. The summed E-state index contributed by atoms with van der Waals surface area (Å²) >= 11 is 0. The van der Waals surface area contributed by atoms with E-state index in [0.29, 0.717) is 50.0 Å². The van der Waals surface area contributed by atoms with Crippen LogP contribution in [0, 0.1) is 5.82 Å². The second-order valence-electron chi connectivity index (χ2n) is 17.8. The number of carbonyl (C=O) groups excluding carboxylic acids is 6. The number of rotatable bonds is 11. The summed E-state index contributed by atoms with van der Waals surface area (Å²) in [5.41, 5.74) is 1.25. The third-order valence-electron chi connectivity index (χ3n) is 13.7. The molecule has 66 heavy (non-hydrogen) atoms. The first-order valence-electron chi connectivity index (χ1n) is 22.5. The smallest absolute Gasteiger partial charge is 0.342 e.